The second kappa shape index (κ2) is 4.87. The van der Waals surface area contributed by atoms with E-state index in [1.54, 1.807) is 0 Å². The molecule has 1 heterocycles. The highest BCUT2D eigenvalue weighted by Gasteiger charge is 2.24. The minimum atomic E-state index is -0.0839. The van der Waals surface area contributed by atoms with Crippen LogP contribution in [0.1, 0.15) is 42.4 Å². The van der Waals surface area contributed by atoms with Crippen molar-refractivity contribution in [2.45, 2.75) is 51.7 Å². The molecule has 0 unspecified atom stereocenters. The number of carbonyl (C=O) groups is 1. The molecule has 0 spiro atoms. The molecule has 1 saturated carbocycles. The van der Waals surface area contributed by atoms with Gasteiger partial charge in [-0.25, -0.2) is 0 Å². The maximum atomic E-state index is 12.0. The monoisotopic (exact) mass is 236 g/mol. The fourth-order valence-electron chi connectivity index (χ4n) is 2.35. The van der Waals surface area contributed by atoms with Crippen molar-refractivity contribution in [1.82, 2.24) is 15.1 Å². The Balaban J connectivity index is 1.99. The minimum Gasteiger partial charge on any atom is -0.348 e. The number of hydrogen-bond donors (Lipinski definition) is 2. The molecule has 0 bridgehead atoms. The summed E-state index contributed by atoms with van der Waals surface area (Å²) < 4.78 is 1.83. The van der Waals surface area contributed by atoms with E-state index in [4.69, 9.17) is 5.73 Å². The number of nitrogens with one attached hydrogen (secondary N) is 1. The highest BCUT2D eigenvalue weighted by Crippen LogP contribution is 2.17. The molecule has 1 aliphatic carbocycles. The van der Waals surface area contributed by atoms with Gasteiger partial charge in [0.05, 0.1) is 0 Å². The zero-order valence-corrected chi connectivity index (χ0v) is 10.4. The Labute approximate surface area is 101 Å². The lowest BCUT2D eigenvalue weighted by molar-refractivity contribution is 0.0932. The molecule has 0 radical (unpaired) electrons. The smallest absolute Gasteiger partial charge is 0.272 e. The average Bonchev–Trinajstić information content (AvgIpc) is 2.85. The molecule has 1 aromatic rings. The first-order valence-corrected chi connectivity index (χ1v) is 6.21. The van der Waals surface area contributed by atoms with Crippen molar-refractivity contribution in [1.29, 1.82) is 0 Å². The first-order chi connectivity index (χ1) is 8.10. The van der Waals surface area contributed by atoms with E-state index >= 15 is 0 Å². The SMILES string of the molecule is CCn1nc(C(=O)N[C@@H]2CC[C@@H](N)C2)cc1C. The van der Waals surface area contributed by atoms with Gasteiger partial charge in [-0.3, -0.25) is 9.48 Å². The summed E-state index contributed by atoms with van der Waals surface area (Å²) in [6.07, 6.45) is 2.84. The third-order valence-electron chi connectivity index (χ3n) is 3.32. The normalized spacial score (nSPS) is 23.9. The standard InChI is InChI=1S/C12H20N4O/c1-3-16-8(2)6-11(15-16)12(17)14-10-5-4-9(13)7-10/h6,9-10H,3-5,7,13H2,1-2H3,(H,14,17)/t9-,10-/m1/s1. The van der Waals surface area contributed by atoms with Crippen LogP contribution in [0.25, 0.3) is 0 Å². The van der Waals surface area contributed by atoms with Crippen LogP contribution in [0.3, 0.4) is 0 Å². The molecular weight excluding hydrogens is 216 g/mol. The van der Waals surface area contributed by atoms with E-state index in [-0.39, 0.29) is 18.0 Å². The zero-order chi connectivity index (χ0) is 12.4. The number of aryl methyl sites for hydroxylation is 2. The average molecular weight is 236 g/mol. The van der Waals surface area contributed by atoms with Crippen molar-refractivity contribution in [3.63, 3.8) is 0 Å². The summed E-state index contributed by atoms with van der Waals surface area (Å²) in [5.41, 5.74) is 7.34. The molecule has 94 valence electrons. The molecule has 1 fully saturated rings. The number of nitrogens with zero attached hydrogens (tertiary/aromatic N) is 2. The van der Waals surface area contributed by atoms with Crippen LogP contribution in [0.2, 0.25) is 0 Å². The van der Waals surface area contributed by atoms with E-state index in [0.29, 0.717) is 5.69 Å². The third kappa shape index (κ3) is 2.66. The fraction of sp³-hybridized carbons (Fsp3) is 0.667. The number of aromatic nitrogens is 2. The van der Waals surface area contributed by atoms with E-state index in [1.807, 2.05) is 24.6 Å². The lowest BCUT2D eigenvalue weighted by atomic mass is 10.2. The quantitative estimate of drug-likeness (QED) is 0.816. The van der Waals surface area contributed by atoms with Gasteiger partial charge >= 0.3 is 0 Å². The summed E-state index contributed by atoms with van der Waals surface area (Å²) in [5.74, 6) is -0.0839. The predicted molar refractivity (Wildman–Crippen MR) is 65.7 cm³/mol. The summed E-state index contributed by atoms with van der Waals surface area (Å²) in [6.45, 7) is 4.75. The van der Waals surface area contributed by atoms with Gasteiger partial charge in [-0.05, 0) is 39.2 Å². The number of carbonyl (C=O) groups excluding carboxylic acids is 1. The van der Waals surface area contributed by atoms with Crippen LogP contribution in [-0.4, -0.2) is 27.8 Å². The summed E-state index contributed by atoms with van der Waals surface area (Å²) in [7, 11) is 0. The van der Waals surface area contributed by atoms with Crippen LogP contribution in [0.4, 0.5) is 0 Å². The largest absolute Gasteiger partial charge is 0.348 e. The molecular formula is C12H20N4O. The van der Waals surface area contributed by atoms with Crippen LogP contribution >= 0.6 is 0 Å². The van der Waals surface area contributed by atoms with Crippen LogP contribution in [0.5, 0.6) is 0 Å². The Hall–Kier alpha value is -1.36. The maximum absolute atomic E-state index is 12.0. The Morgan fingerprint density at radius 2 is 2.41 bits per heavy atom. The van der Waals surface area contributed by atoms with Crippen molar-refractivity contribution in [3.8, 4) is 0 Å². The maximum Gasteiger partial charge on any atom is 0.272 e. The van der Waals surface area contributed by atoms with Gasteiger partial charge in [-0.15, -0.1) is 0 Å². The Morgan fingerprint density at radius 3 is 2.94 bits per heavy atom. The minimum absolute atomic E-state index is 0.0839. The fourth-order valence-corrected chi connectivity index (χ4v) is 2.35. The van der Waals surface area contributed by atoms with Gasteiger partial charge in [-0.1, -0.05) is 0 Å². The molecule has 1 aromatic heterocycles. The van der Waals surface area contributed by atoms with Gasteiger partial charge in [0.2, 0.25) is 0 Å². The molecule has 0 saturated heterocycles. The first-order valence-electron chi connectivity index (χ1n) is 6.21. The molecule has 0 aromatic carbocycles. The number of amides is 1. The summed E-state index contributed by atoms with van der Waals surface area (Å²) >= 11 is 0. The van der Waals surface area contributed by atoms with E-state index in [2.05, 4.69) is 10.4 Å². The van der Waals surface area contributed by atoms with E-state index in [1.165, 1.54) is 0 Å². The van der Waals surface area contributed by atoms with E-state index in [0.717, 1.165) is 31.5 Å². The summed E-state index contributed by atoms with van der Waals surface area (Å²) in [5, 5.41) is 7.26. The van der Waals surface area contributed by atoms with Gasteiger partial charge in [0.1, 0.15) is 5.69 Å². The van der Waals surface area contributed by atoms with Crippen molar-refractivity contribution in [3.05, 3.63) is 17.5 Å². The Kier molecular flexibility index (Phi) is 3.47. The van der Waals surface area contributed by atoms with Crippen molar-refractivity contribution in [2.24, 2.45) is 5.73 Å². The van der Waals surface area contributed by atoms with Gasteiger partial charge in [0.15, 0.2) is 0 Å². The molecule has 2 rings (SSSR count). The molecule has 3 N–H and O–H groups in total. The molecule has 5 heteroatoms. The van der Waals surface area contributed by atoms with Gasteiger partial charge in [0.25, 0.3) is 5.91 Å². The Morgan fingerprint density at radius 1 is 1.65 bits per heavy atom. The van der Waals surface area contributed by atoms with Crippen LogP contribution in [0.15, 0.2) is 6.07 Å². The summed E-state index contributed by atoms with van der Waals surface area (Å²) in [4.78, 5) is 12.0. The molecule has 17 heavy (non-hydrogen) atoms. The molecule has 1 aliphatic rings. The number of hydrogen-bond acceptors (Lipinski definition) is 3. The number of rotatable bonds is 3. The van der Waals surface area contributed by atoms with Crippen molar-refractivity contribution >= 4 is 5.91 Å². The summed E-state index contributed by atoms with van der Waals surface area (Å²) in [6, 6.07) is 2.27. The second-order valence-corrected chi connectivity index (χ2v) is 4.73. The topological polar surface area (TPSA) is 72.9 Å². The molecule has 2 atom stereocenters. The molecule has 5 nitrogen and oxygen atoms in total. The second-order valence-electron chi connectivity index (χ2n) is 4.73. The van der Waals surface area contributed by atoms with E-state index in [9.17, 15) is 4.79 Å². The van der Waals surface area contributed by atoms with Crippen molar-refractivity contribution < 1.29 is 4.79 Å². The third-order valence-corrected chi connectivity index (χ3v) is 3.32. The predicted octanol–water partition coefficient (Wildman–Crippen LogP) is 0.821. The number of nitrogens with two attached hydrogens (primary N) is 1. The molecule has 1 amide bonds. The lowest BCUT2D eigenvalue weighted by Gasteiger charge is -2.10. The zero-order valence-electron chi connectivity index (χ0n) is 10.4. The highest BCUT2D eigenvalue weighted by atomic mass is 16.2. The van der Waals surface area contributed by atoms with Crippen LogP contribution in [-0.2, 0) is 6.54 Å². The van der Waals surface area contributed by atoms with E-state index < -0.39 is 0 Å². The van der Waals surface area contributed by atoms with Crippen molar-refractivity contribution in [2.75, 3.05) is 0 Å². The van der Waals surface area contributed by atoms with Gasteiger partial charge in [0, 0.05) is 24.3 Å². The Bertz CT molecular complexity index is 413. The highest BCUT2D eigenvalue weighted by molar-refractivity contribution is 5.92. The van der Waals surface area contributed by atoms with Gasteiger partial charge in [-0.2, -0.15) is 5.10 Å². The van der Waals surface area contributed by atoms with Crippen LogP contribution < -0.4 is 11.1 Å². The van der Waals surface area contributed by atoms with Gasteiger partial charge < -0.3 is 11.1 Å². The lowest BCUT2D eigenvalue weighted by Crippen LogP contribution is -2.34. The molecule has 0 aliphatic heterocycles. The first kappa shape index (κ1) is 12.1. The van der Waals surface area contributed by atoms with Crippen LogP contribution in [0, 0.1) is 6.92 Å².